The van der Waals surface area contributed by atoms with Crippen molar-refractivity contribution in [3.8, 4) is 17.3 Å². The number of piperidine rings is 1. The number of anilines is 2. The van der Waals surface area contributed by atoms with Gasteiger partial charge < -0.3 is 14.9 Å². The van der Waals surface area contributed by atoms with Gasteiger partial charge in [-0.25, -0.2) is 13.9 Å². The summed E-state index contributed by atoms with van der Waals surface area (Å²) >= 11 is 0. The number of aromatic nitrogens is 3. The van der Waals surface area contributed by atoms with Crippen molar-refractivity contribution in [1.29, 1.82) is 5.26 Å². The Hall–Kier alpha value is -3.96. The first-order chi connectivity index (χ1) is 17.6. The van der Waals surface area contributed by atoms with Crippen LogP contribution in [0.5, 0.6) is 0 Å². The topological polar surface area (TPSA) is 80.7 Å². The number of halogens is 1. The lowest BCUT2D eigenvalue weighted by molar-refractivity contribution is 0.145. The van der Waals surface area contributed by atoms with E-state index in [1.165, 1.54) is 6.07 Å². The summed E-state index contributed by atoms with van der Waals surface area (Å²) in [5.41, 5.74) is 4.85. The van der Waals surface area contributed by atoms with Crippen molar-refractivity contribution in [2.75, 3.05) is 29.4 Å². The number of hydrogen-bond acceptors (Lipinski definition) is 6. The Kier molecular flexibility index (Phi) is 5.78. The first kappa shape index (κ1) is 22.5. The van der Waals surface area contributed by atoms with Gasteiger partial charge in [-0.15, -0.1) is 5.10 Å². The van der Waals surface area contributed by atoms with Crippen molar-refractivity contribution in [3.63, 3.8) is 0 Å². The van der Waals surface area contributed by atoms with E-state index in [0.717, 1.165) is 66.4 Å². The van der Waals surface area contributed by atoms with Crippen LogP contribution in [0.25, 0.3) is 16.9 Å². The molecule has 8 heteroatoms. The number of aliphatic hydroxyl groups excluding tert-OH is 1. The van der Waals surface area contributed by atoms with Gasteiger partial charge in [-0.1, -0.05) is 18.2 Å². The Balaban J connectivity index is 1.34. The number of imidazole rings is 1. The van der Waals surface area contributed by atoms with Crippen molar-refractivity contribution in [2.24, 2.45) is 0 Å². The van der Waals surface area contributed by atoms with E-state index in [1.54, 1.807) is 18.3 Å². The Morgan fingerprint density at radius 1 is 1.00 bits per heavy atom. The van der Waals surface area contributed by atoms with Gasteiger partial charge in [0.05, 0.1) is 35.3 Å². The molecule has 2 aliphatic heterocycles. The predicted molar refractivity (Wildman–Crippen MR) is 136 cm³/mol. The molecule has 1 unspecified atom stereocenters. The summed E-state index contributed by atoms with van der Waals surface area (Å²) in [7, 11) is 0. The minimum Gasteiger partial charge on any atom is -0.393 e. The molecule has 7 nitrogen and oxygen atoms in total. The molecule has 2 aliphatic rings. The van der Waals surface area contributed by atoms with Crippen LogP contribution in [0.4, 0.5) is 15.9 Å². The quantitative estimate of drug-likeness (QED) is 0.454. The van der Waals surface area contributed by atoms with Crippen LogP contribution in [0.2, 0.25) is 0 Å². The standard InChI is InChI=1S/C28H27FN6O/c29-22-4-1-3-19(16-22)25-5-2-12-34(25)28-9-8-27-31-18-26(35(27)32-28)20-6-7-24(21(15-20)17-30)33-13-10-23(36)11-14-33/h1,3-4,6-9,15-16,18,23,25,36H,2,5,10-14H2. The first-order valence-corrected chi connectivity index (χ1v) is 12.4. The van der Waals surface area contributed by atoms with E-state index in [4.69, 9.17) is 5.10 Å². The van der Waals surface area contributed by atoms with E-state index in [0.29, 0.717) is 18.4 Å². The van der Waals surface area contributed by atoms with Crippen LogP contribution in [0.3, 0.4) is 0 Å². The SMILES string of the molecule is N#Cc1cc(-c2cnc3ccc(N4CCCC4c4cccc(F)c4)nn23)ccc1N1CCC(O)CC1. The summed E-state index contributed by atoms with van der Waals surface area (Å²) in [5, 5.41) is 24.7. The molecule has 0 radical (unpaired) electrons. The van der Waals surface area contributed by atoms with Crippen LogP contribution in [0, 0.1) is 17.1 Å². The van der Waals surface area contributed by atoms with Crippen LogP contribution < -0.4 is 9.80 Å². The number of nitrogens with zero attached hydrogens (tertiary/aromatic N) is 6. The fourth-order valence-electron chi connectivity index (χ4n) is 5.48. The van der Waals surface area contributed by atoms with E-state index < -0.39 is 0 Å². The largest absolute Gasteiger partial charge is 0.393 e. The zero-order chi connectivity index (χ0) is 24.6. The van der Waals surface area contributed by atoms with E-state index in [2.05, 4.69) is 20.9 Å². The zero-order valence-corrected chi connectivity index (χ0v) is 19.9. The van der Waals surface area contributed by atoms with Crippen LogP contribution >= 0.6 is 0 Å². The lowest BCUT2D eigenvalue weighted by Crippen LogP contribution is -2.36. The lowest BCUT2D eigenvalue weighted by atomic mass is 10.0. The molecule has 2 fully saturated rings. The summed E-state index contributed by atoms with van der Waals surface area (Å²) in [4.78, 5) is 8.93. The Morgan fingerprint density at radius 3 is 2.67 bits per heavy atom. The molecule has 0 bridgehead atoms. The van der Waals surface area contributed by atoms with Crippen molar-refractivity contribution < 1.29 is 9.50 Å². The third-order valence-corrected chi connectivity index (χ3v) is 7.35. The molecule has 2 aromatic heterocycles. The van der Waals surface area contributed by atoms with Gasteiger partial charge in [0, 0.05) is 25.2 Å². The summed E-state index contributed by atoms with van der Waals surface area (Å²) in [6.07, 6.45) is 4.90. The second-order valence-electron chi connectivity index (χ2n) is 9.57. The molecule has 2 aromatic carbocycles. The van der Waals surface area contributed by atoms with E-state index in [1.807, 2.05) is 40.9 Å². The van der Waals surface area contributed by atoms with Gasteiger partial charge in [-0.05, 0) is 67.6 Å². The Labute approximate surface area is 209 Å². The monoisotopic (exact) mass is 482 g/mol. The van der Waals surface area contributed by atoms with Crippen molar-refractivity contribution >= 4 is 17.2 Å². The highest BCUT2D eigenvalue weighted by Crippen LogP contribution is 2.36. The van der Waals surface area contributed by atoms with Crippen molar-refractivity contribution in [2.45, 2.75) is 37.8 Å². The summed E-state index contributed by atoms with van der Waals surface area (Å²) < 4.78 is 15.7. The van der Waals surface area contributed by atoms with Crippen LogP contribution in [0.1, 0.15) is 42.9 Å². The van der Waals surface area contributed by atoms with Gasteiger partial charge in [-0.2, -0.15) is 5.26 Å². The molecular formula is C28H27FN6O. The van der Waals surface area contributed by atoms with Gasteiger partial charge in [0.2, 0.25) is 0 Å². The Bertz CT molecular complexity index is 1450. The molecule has 2 saturated heterocycles. The molecule has 0 aliphatic carbocycles. The van der Waals surface area contributed by atoms with Crippen LogP contribution in [-0.4, -0.2) is 45.4 Å². The summed E-state index contributed by atoms with van der Waals surface area (Å²) in [6.45, 7) is 2.32. The molecular weight excluding hydrogens is 455 g/mol. The molecule has 6 rings (SSSR count). The Morgan fingerprint density at radius 2 is 1.86 bits per heavy atom. The second kappa shape index (κ2) is 9.25. The molecule has 4 aromatic rings. The van der Waals surface area contributed by atoms with Crippen LogP contribution in [-0.2, 0) is 0 Å². The van der Waals surface area contributed by atoms with Crippen molar-refractivity contribution in [1.82, 2.24) is 14.6 Å². The van der Waals surface area contributed by atoms with E-state index >= 15 is 0 Å². The van der Waals surface area contributed by atoms with Gasteiger partial charge in [0.1, 0.15) is 17.7 Å². The second-order valence-corrected chi connectivity index (χ2v) is 9.57. The molecule has 1 N–H and O–H groups in total. The summed E-state index contributed by atoms with van der Waals surface area (Å²) in [5.74, 6) is 0.592. The average molecular weight is 483 g/mol. The zero-order valence-electron chi connectivity index (χ0n) is 19.9. The van der Waals surface area contributed by atoms with Crippen molar-refractivity contribution in [3.05, 3.63) is 77.7 Å². The highest BCUT2D eigenvalue weighted by atomic mass is 19.1. The number of fused-ring (bicyclic) bond motifs is 1. The maximum atomic E-state index is 13.9. The first-order valence-electron chi connectivity index (χ1n) is 12.4. The number of hydrogen-bond donors (Lipinski definition) is 1. The number of aliphatic hydroxyl groups is 1. The number of nitriles is 1. The lowest BCUT2D eigenvalue weighted by Gasteiger charge is -2.32. The maximum absolute atomic E-state index is 13.9. The highest BCUT2D eigenvalue weighted by Gasteiger charge is 2.28. The molecule has 1 atom stereocenters. The smallest absolute Gasteiger partial charge is 0.154 e. The van der Waals surface area contributed by atoms with E-state index in [-0.39, 0.29) is 18.0 Å². The molecule has 0 amide bonds. The molecule has 0 spiro atoms. The van der Waals surface area contributed by atoms with Gasteiger partial charge in [0.15, 0.2) is 5.65 Å². The third-order valence-electron chi connectivity index (χ3n) is 7.35. The normalized spacial score (nSPS) is 18.6. The van der Waals surface area contributed by atoms with Gasteiger partial charge in [-0.3, -0.25) is 0 Å². The predicted octanol–water partition coefficient (Wildman–Crippen LogP) is 4.71. The maximum Gasteiger partial charge on any atom is 0.154 e. The van der Waals surface area contributed by atoms with Gasteiger partial charge >= 0.3 is 0 Å². The number of benzene rings is 2. The molecule has 36 heavy (non-hydrogen) atoms. The fraction of sp³-hybridized carbons (Fsp3) is 0.321. The average Bonchev–Trinajstić information content (AvgIpc) is 3.56. The minimum atomic E-state index is -0.263. The molecule has 182 valence electrons. The number of rotatable bonds is 4. The van der Waals surface area contributed by atoms with Gasteiger partial charge in [0.25, 0.3) is 0 Å². The minimum absolute atomic E-state index is 0.0742. The molecule has 4 heterocycles. The summed E-state index contributed by atoms with van der Waals surface area (Å²) in [6, 6.07) is 19.0. The van der Waals surface area contributed by atoms with Crippen LogP contribution in [0.15, 0.2) is 60.8 Å². The molecule has 0 saturated carbocycles. The van der Waals surface area contributed by atoms with E-state index in [9.17, 15) is 14.8 Å². The highest BCUT2D eigenvalue weighted by molar-refractivity contribution is 5.71. The third kappa shape index (κ3) is 4.06. The fourth-order valence-corrected chi connectivity index (χ4v) is 5.48.